The molecule has 2 heterocycles. The number of pyridine rings is 1. The number of hydrogen-bond donors (Lipinski definition) is 2. The molecule has 33 heavy (non-hydrogen) atoms. The number of aromatic nitrogens is 1. The molecule has 0 radical (unpaired) electrons. The molecule has 1 aliphatic heterocycles. The highest BCUT2D eigenvalue weighted by Crippen LogP contribution is 2.25. The van der Waals surface area contributed by atoms with Crippen molar-refractivity contribution in [3.8, 4) is 5.75 Å². The van der Waals surface area contributed by atoms with Crippen LogP contribution in [0.1, 0.15) is 44.1 Å². The number of H-pyrrole nitrogens is 1. The first-order chi connectivity index (χ1) is 16.1. The predicted octanol–water partition coefficient (Wildman–Crippen LogP) is 3.27. The molecule has 4 rings (SSSR count). The van der Waals surface area contributed by atoms with Crippen LogP contribution in [0.25, 0.3) is 10.9 Å². The molecule has 7 nitrogen and oxygen atoms in total. The minimum atomic E-state index is -0.0633. The first-order valence-corrected chi connectivity index (χ1v) is 12.6. The van der Waals surface area contributed by atoms with E-state index < -0.39 is 0 Å². The highest BCUT2D eigenvalue weighted by Gasteiger charge is 2.24. The van der Waals surface area contributed by atoms with Crippen LogP contribution in [-0.4, -0.2) is 72.4 Å². The third-order valence-electron chi connectivity index (χ3n) is 6.78. The van der Waals surface area contributed by atoms with Crippen LogP contribution >= 0.6 is 12.2 Å². The smallest absolute Gasteiger partial charge is 0.253 e. The Hall–Kier alpha value is -2.16. The maximum Gasteiger partial charge on any atom is 0.253 e. The summed E-state index contributed by atoms with van der Waals surface area (Å²) in [5.41, 5.74) is 1.47. The van der Waals surface area contributed by atoms with Gasteiger partial charge in [0.15, 0.2) is 5.11 Å². The lowest BCUT2D eigenvalue weighted by Gasteiger charge is -2.36. The van der Waals surface area contributed by atoms with Gasteiger partial charge in [-0.25, -0.2) is 0 Å². The third kappa shape index (κ3) is 6.46. The number of fused-ring (bicyclic) bond motifs is 1. The lowest BCUT2D eigenvalue weighted by Crippen LogP contribution is -2.47. The number of benzene rings is 1. The molecule has 0 atom stereocenters. The Kier molecular flexibility index (Phi) is 8.58. The van der Waals surface area contributed by atoms with Crippen molar-refractivity contribution >= 4 is 28.2 Å². The number of aromatic amines is 1. The highest BCUT2D eigenvalue weighted by atomic mass is 32.1. The molecule has 2 aliphatic rings. The van der Waals surface area contributed by atoms with E-state index in [-0.39, 0.29) is 5.56 Å². The molecule has 2 fully saturated rings. The van der Waals surface area contributed by atoms with Crippen molar-refractivity contribution in [3.05, 3.63) is 40.2 Å². The van der Waals surface area contributed by atoms with Gasteiger partial charge >= 0.3 is 0 Å². The average molecular weight is 473 g/mol. The van der Waals surface area contributed by atoms with Crippen LogP contribution in [-0.2, 0) is 11.3 Å². The van der Waals surface area contributed by atoms with Crippen molar-refractivity contribution in [2.24, 2.45) is 0 Å². The summed E-state index contributed by atoms with van der Waals surface area (Å²) in [4.78, 5) is 20.6. The third-order valence-corrected chi connectivity index (χ3v) is 7.16. The standard InChI is InChI=1S/C25H36N4O3S/c1-31-22-9-8-19-16-20(24(30)27-23(19)17-22)18-29(21-6-3-2-4-7-21)25(33)26-10-5-11-28-12-14-32-15-13-28/h8-9,16-17,21H,2-7,10-15,18H2,1H3,(H,26,33)(H,27,30). The first-order valence-electron chi connectivity index (χ1n) is 12.2. The number of rotatable bonds is 8. The Morgan fingerprint density at radius 3 is 2.79 bits per heavy atom. The van der Waals surface area contributed by atoms with Crippen molar-refractivity contribution in [2.45, 2.75) is 51.1 Å². The van der Waals surface area contributed by atoms with Crippen molar-refractivity contribution in [3.63, 3.8) is 0 Å². The quantitative estimate of drug-likeness (QED) is 0.451. The number of nitrogens with one attached hydrogen (secondary N) is 2. The van der Waals surface area contributed by atoms with Crippen LogP contribution < -0.4 is 15.6 Å². The number of nitrogens with zero attached hydrogens (tertiary/aromatic N) is 2. The van der Waals surface area contributed by atoms with Crippen molar-refractivity contribution in [2.75, 3.05) is 46.5 Å². The maximum atomic E-state index is 12.9. The lowest BCUT2D eigenvalue weighted by molar-refractivity contribution is 0.0375. The zero-order valence-corrected chi connectivity index (χ0v) is 20.4. The van der Waals surface area contributed by atoms with Crippen LogP contribution in [0.2, 0.25) is 0 Å². The molecule has 0 amide bonds. The normalized spacial score (nSPS) is 17.7. The van der Waals surface area contributed by atoms with Gasteiger partial charge in [0.1, 0.15) is 5.75 Å². The second-order valence-electron chi connectivity index (χ2n) is 9.04. The number of methoxy groups -OCH3 is 1. The Bertz CT molecular complexity index is 983. The fourth-order valence-corrected chi connectivity index (χ4v) is 5.15. The van der Waals surface area contributed by atoms with E-state index in [1.165, 1.54) is 19.3 Å². The Balaban J connectivity index is 1.43. The van der Waals surface area contributed by atoms with Crippen LogP contribution in [0.15, 0.2) is 29.1 Å². The summed E-state index contributed by atoms with van der Waals surface area (Å²) >= 11 is 5.85. The minimum absolute atomic E-state index is 0.0633. The average Bonchev–Trinajstić information content (AvgIpc) is 2.86. The predicted molar refractivity (Wildman–Crippen MR) is 136 cm³/mol. The van der Waals surface area contributed by atoms with E-state index in [2.05, 4.69) is 20.1 Å². The summed E-state index contributed by atoms with van der Waals surface area (Å²) < 4.78 is 10.7. The fraction of sp³-hybridized carbons (Fsp3) is 0.600. The molecule has 180 valence electrons. The van der Waals surface area contributed by atoms with E-state index in [9.17, 15) is 4.79 Å². The van der Waals surface area contributed by atoms with E-state index in [0.717, 1.165) is 86.0 Å². The lowest BCUT2D eigenvalue weighted by atomic mass is 9.94. The van der Waals surface area contributed by atoms with Gasteiger partial charge in [-0.15, -0.1) is 0 Å². The molecular weight excluding hydrogens is 436 g/mol. The number of hydrogen-bond acceptors (Lipinski definition) is 5. The molecule has 1 saturated carbocycles. The fourth-order valence-electron chi connectivity index (χ4n) is 4.84. The van der Waals surface area contributed by atoms with E-state index in [4.69, 9.17) is 21.7 Å². The monoisotopic (exact) mass is 472 g/mol. The largest absolute Gasteiger partial charge is 0.497 e. The van der Waals surface area contributed by atoms with Gasteiger partial charge in [-0.1, -0.05) is 19.3 Å². The van der Waals surface area contributed by atoms with Gasteiger partial charge in [-0.3, -0.25) is 9.69 Å². The second kappa shape index (κ2) is 11.8. The summed E-state index contributed by atoms with van der Waals surface area (Å²) in [5, 5.41) is 5.24. The molecule has 2 aromatic rings. The van der Waals surface area contributed by atoms with Crippen molar-refractivity contribution < 1.29 is 9.47 Å². The first kappa shape index (κ1) is 24.0. The molecule has 1 aliphatic carbocycles. The molecule has 0 spiro atoms. The van der Waals surface area contributed by atoms with Crippen LogP contribution in [0, 0.1) is 0 Å². The summed E-state index contributed by atoms with van der Waals surface area (Å²) in [6.45, 7) is 6.09. The van der Waals surface area contributed by atoms with Gasteiger partial charge in [0, 0.05) is 37.3 Å². The minimum Gasteiger partial charge on any atom is -0.497 e. The number of thiocarbonyl (C=S) groups is 1. The molecule has 1 aromatic carbocycles. The summed E-state index contributed by atoms with van der Waals surface area (Å²) in [6.07, 6.45) is 7.00. The van der Waals surface area contributed by atoms with Gasteiger partial charge in [0.25, 0.3) is 5.56 Å². The van der Waals surface area contributed by atoms with Crippen molar-refractivity contribution in [1.82, 2.24) is 20.1 Å². The molecule has 1 aromatic heterocycles. The molecule has 0 unspecified atom stereocenters. The zero-order chi connectivity index (χ0) is 23.0. The number of ether oxygens (including phenoxy) is 2. The van der Waals surface area contributed by atoms with Crippen LogP contribution in [0.5, 0.6) is 5.75 Å². The highest BCUT2D eigenvalue weighted by molar-refractivity contribution is 7.80. The summed E-state index contributed by atoms with van der Waals surface area (Å²) in [5.74, 6) is 0.734. The van der Waals surface area contributed by atoms with Gasteiger partial charge in [-0.2, -0.15) is 0 Å². The Labute approximate surface area is 201 Å². The molecule has 0 bridgehead atoms. The van der Waals surface area contributed by atoms with Crippen LogP contribution in [0.3, 0.4) is 0 Å². The Morgan fingerprint density at radius 1 is 1.24 bits per heavy atom. The van der Waals surface area contributed by atoms with Gasteiger partial charge in [-0.05, 0) is 61.6 Å². The Morgan fingerprint density at radius 2 is 2.03 bits per heavy atom. The zero-order valence-electron chi connectivity index (χ0n) is 19.6. The molecule has 8 heteroatoms. The van der Waals surface area contributed by atoms with Crippen LogP contribution in [0.4, 0.5) is 0 Å². The summed E-state index contributed by atoms with van der Waals surface area (Å²) in [6, 6.07) is 8.14. The second-order valence-corrected chi connectivity index (χ2v) is 9.42. The molecule has 1 saturated heterocycles. The van der Waals surface area contributed by atoms with Gasteiger partial charge in [0.05, 0.1) is 32.4 Å². The van der Waals surface area contributed by atoms with E-state index in [1.54, 1.807) is 7.11 Å². The summed E-state index contributed by atoms with van der Waals surface area (Å²) in [7, 11) is 1.63. The van der Waals surface area contributed by atoms with E-state index in [0.29, 0.717) is 12.6 Å². The molecule has 2 N–H and O–H groups in total. The van der Waals surface area contributed by atoms with E-state index in [1.807, 2.05) is 24.3 Å². The van der Waals surface area contributed by atoms with Gasteiger partial charge in [0.2, 0.25) is 0 Å². The maximum absolute atomic E-state index is 12.9. The topological polar surface area (TPSA) is 69.8 Å². The van der Waals surface area contributed by atoms with Gasteiger partial charge < -0.3 is 24.7 Å². The number of morpholine rings is 1. The van der Waals surface area contributed by atoms with E-state index >= 15 is 0 Å². The molecular formula is C25H36N4O3S. The SMILES string of the molecule is COc1ccc2cc(CN(C(=S)NCCCN3CCOCC3)C3CCCCC3)c(=O)[nH]c2c1. The van der Waals surface area contributed by atoms with Crippen molar-refractivity contribution in [1.29, 1.82) is 0 Å².